The van der Waals surface area contributed by atoms with E-state index in [9.17, 15) is 9.90 Å². The van der Waals surface area contributed by atoms with E-state index in [-0.39, 0.29) is 0 Å². The molecule has 1 N–H and O–H groups in total. The number of rotatable bonds is 8. The SMILES string of the molecule is Cc1noc(-c2ccc(-c3ccc(C4(C(=O)O)CC4)cc3)cc2)c1/C=C\CCc1ccccc1. The van der Waals surface area contributed by atoms with E-state index in [1.165, 1.54) is 5.56 Å². The molecule has 1 aliphatic rings. The molecular formula is C30H27NO3. The lowest BCUT2D eigenvalue weighted by molar-refractivity contribution is -0.140. The Kier molecular flexibility index (Phi) is 5.89. The summed E-state index contributed by atoms with van der Waals surface area (Å²) in [6, 6.07) is 26.6. The number of aromatic nitrogens is 1. The molecule has 34 heavy (non-hydrogen) atoms. The summed E-state index contributed by atoms with van der Waals surface area (Å²) in [5, 5.41) is 13.7. The van der Waals surface area contributed by atoms with Crippen molar-refractivity contribution in [3.63, 3.8) is 0 Å². The summed E-state index contributed by atoms with van der Waals surface area (Å²) in [6.45, 7) is 1.96. The first kappa shape index (κ1) is 21.9. The van der Waals surface area contributed by atoms with Gasteiger partial charge in [0, 0.05) is 11.1 Å². The molecule has 1 fully saturated rings. The molecule has 0 aliphatic heterocycles. The molecule has 170 valence electrons. The minimum absolute atomic E-state index is 0.669. The van der Waals surface area contributed by atoms with Crippen molar-refractivity contribution in [2.45, 2.75) is 38.0 Å². The Hall–Kier alpha value is -3.92. The van der Waals surface area contributed by atoms with E-state index in [0.717, 1.165) is 65.0 Å². The summed E-state index contributed by atoms with van der Waals surface area (Å²) < 4.78 is 5.67. The molecule has 4 nitrogen and oxygen atoms in total. The first-order chi connectivity index (χ1) is 16.6. The van der Waals surface area contributed by atoms with E-state index >= 15 is 0 Å². The maximum absolute atomic E-state index is 11.6. The second kappa shape index (κ2) is 9.14. The van der Waals surface area contributed by atoms with Crippen LogP contribution in [0.2, 0.25) is 0 Å². The van der Waals surface area contributed by atoms with Gasteiger partial charge in [-0.3, -0.25) is 4.79 Å². The predicted octanol–water partition coefficient (Wildman–Crippen LogP) is 7.08. The minimum atomic E-state index is -0.725. The van der Waals surface area contributed by atoms with Crippen LogP contribution in [0.25, 0.3) is 28.5 Å². The number of aryl methyl sites for hydroxylation is 2. The van der Waals surface area contributed by atoms with Gasteiger partial charge < -0.3 is 9.63 Å². The van der Waals surface area contributed by atoms with E-state index in [4.69, 9.17) is 4.52 Å². The Morgan fingerprint density at radius 3 is 2.18 bits per heavy atom. The average molecular weight is 450 g/mol. The summed E-state index contributed by atoms with van der Waals surface area (Å²) in [7, 11) is 0. The molecule has 4 heteroatoms. The zero-order valence-electron chi connectivity index (χ0n) is 19.2. The number of benzene rings is 3. The number of carboxylic acid groups (broad SMARTS) is 1. The maximum Gasteiger partial charge on any atom is 0.314 e. The van der Waals surface area contributed by atoms with Gasteiger partial charge in [0.2, 0.25) is 0 Å². The van der Waals surface area contributed by atoms with E-state index in [1.807, 2.05) is 49.4 Å². The number of nitrogens with zero attached hydrogens (tertiary/aromatic N) is 1. The monoisotopic (exact) mass is 449 g/mol. The van der Waals surface area contributed by atoms with Crippen molar-refractivity contribution in [2.75, 3.05) is 0 Å². The molecule has 3 aromatic carbocycles. The Balaban J connectivity index is 1.30. The third kappa shape index (κ3) is 4.32. The normalized spacial score (nSPS) is 14.4. The molecule has 0 spiro atoms. The molecule has 1 saturated carbocycles. The quantitative estimate of drug-likeness (QED) is 0.312. The molecule has 0 unspecified atom stereocenters. The number of hydrogen-bond donors (Lipinski definition) is 1. The molecule has 0 bridgehead atoms. The van der Waals surface area contributed by atoms with Crippen molar-refractivity contribution in [1.82, 2.24) is 5.16 Å². The smallest absolute Gasteiger partial charge is 0.314 e. The van der Waals surface area contributed by atoms with Gasteiger partial charge >= 0.3 is 5.97 Å². The minimum Gasteiger partial charge on any atom is -0.481 e. The van der Waals surface area contributed by atoms with Crippen LogP contribution in [0.5, 0.6) is 0 Å². The lowest BCUT2D eigenvalue weighted by Crippen LogP contribution is -2.19. The number of hydrogen-bond acceptors (Lipinski definition) is 3. The Morgan fingerprint density at radius 2 is 1.56 bits per heavy atom. The van der Waals surface area contributed by atoms with E-state index in [0.29, 0.717) is 0 Å². The molecule has 5 rings (SSSR count). The molecular weight excluding hydrogens is 422 g/mol. The second-order valence-corrected chi connectivity index (χ2v) is 8.98. The number of allylic oxidation sites excluding steroid dienone is 1. The zero-order chi connectivity index (χ0) is 23.5. The van der Waals surface area contributed by atoms with Crippen molar-refractivity contribution in [3.8, 4) is 22.5 Å². The topological polar surface area (TPSA) is 63.3 Å². The van der Waals surface area contributed by atoms with Crippen molar-refractivity contribution in [1.29, 1.82) is 0 Å². The van der Waals surface area contributed by atoms with Crippen LogP contribution in [0.4, 0.5) is 0 Å². The van der Waals surface area contributed by atoms with E-state index in [1.54, 1.807) is 0 Å². The largest absolute Gasteiger partial charge is 0.481 e. The van der Waals surface area contributed by atoms with Crippen molar-refractivity contribution < 1.29 is 14.4 Å². The second-order valence-electron chi connectivity index (χ2n) is 8.98. The summed E-state index contributed by atoms with van der Waals surface area (Å²) in [4.78, 5) is 11.6. The first-order valence-corrected chi connectivity index (χ1v) is 11.7. The number of aliphatic carboxylic acids is 1. The fourth-order valence-corrected chi connectivity index (χ4v) is 4.42. The van der Waals surface area contributed by atoms with Crippen LogP contribution >= 0.6 is 0 Å². The van der Waals surface area contributed by atoms with Gasteiger partial charge in [-0.1, -0.05) is 96.2 Å². The van der Waals surface area contributed by atoms with Crippen LogP contribution in [0.1, 0.15) is 41.6 Å². The molecule has 0 radical (unpaired) electrons. The maximum atomic E-state index is 11.6. The van der Waals surface area contributed by atoms with Crippen LogP contribution in [0.15, 0.2) is 89.5 Å². The van der Waals surface area contributed by atoms with Crippen LogP contribution in [0, 0.1) is 6.92 Å². The van der Waals surface area contributed by atoms with Crippen molar-refractivity contribution in [3.05, 3.63) is 107 Å². The van der Waals surface area contributed by atoms with Gasteiger partial charge in [0.05, 0.1) is 11.1 Å². The lowest BCUT2D eigenvalue weighted by atomic mass is 9.93. The van der Waals surface area contributed by atoms with Crippen LogP contribution < -0.4 is 0 Å². The molecule has 1 aromatic heterocycles. The molecule has 4 aromatic rings. The van der Waals surface area contributed by atoms with Gasteiger partial charge in [0.15, 0.2) is 5.76 Å². The van der Waals surface area contributed by atoms with E-state index < -0.39 is 11.4 Å². The predicted molar refractivity (Wildman–Crippen MR) is 134 cm³/mol. The average Bonchev–Trinajstić information content (AvgIpc) is 3.61. The van der Waals surface area contributed by atoms with Crippen LogP contribution in [-0.2, 0) is 16.6 Å². The van der Waals surface area contributed by atoms with Crippen molar-refractivity contribution >= 4 is 12.0 Å². The van der Waals surface area contributed by atoms with Gasteiger partial charge in [-0.05, 0) is 54.9 Å². The van der Waals surface area contributed by atoms with E-state index in [2.05, 4.69) is 53.7 Å². The lowest BCUT2D eigenvalue weighted by Gasteiger charge is -2.11. The number of carboxylic acids is 1. The highest BCUT2D eigenvalue weighted by Gasteiger charge is 2.51. The molecule has 1 aliphatic carbocycles. The summed E-state index contributed by atoms with van der Waals surface area (Å²) in [5.74, 6) is 0.0457. The van der Waals surface area contributed by atoms with Gasteiger partial charge in [-0.25, -0.2) is 0 Å². The summed E-state index contributed by atoms with van der Waals surface area (Å²) >= 11 is 0. The molecule has 0 amide bonds. The Bertz CT molecular complexity index is 1310. The highest BCUT2D eigenvalue weighted by molar-refractivity contribution is 5.85. The van der Waals surface area contributed by atoms with Gasteiger partial charge in [0.25, 0.3) is 0 Å². The standard InChI is InChI=1S/C30H27NO3/c1-21-27(10-6-5-9-22-7-3-2-4-8-22)28(34-31-21)25-13-11-23(12-14-25)24-15-17-26(18-16-24)30(19-20-30)29(32)33/h2-4,6-8,10-18H,5,9,19-20H2,1H3,(H,32,33)/b10-6-. The summed E-state index contributed by atoms with van der Waals surface area (Å²) in [5.41, 5.74) is 6.54. The Morgan fingerprint density at radius 1 is 0.941 bits per heavy atom. The molecule has 0 atom stereocenters. The third-order valence-electron chi connectivity index (χ3n) is 6.71. The third-order valence-corrected chi connectivity index (χ3v) is 6.71. The summed E-state index contributed by atoms with van der Waals surface area (Å²) in [6.07, 6.45) is 7.67. The zero-order valence-corrected chi connectivity index (χ0v) is 19.2. The van der Waals surface area contributed by atoms with Crippen molar-refractivity contribution in [2.24, 2.45) is 0 Å². The van der Waals surface area contributed by atoms with Gasteiger partial charge in [-0.15, -0.1) is 0 Å². The van der Waals surface area contributed by atoms with Crippen LogP contribution in [0.3, 0.4) is 0 Å². The fraction of sp³-hybridized carbons (Fsp3) is 0.200. The van der Waals surface area contributed by atoms with Gasteiger partial charge in [-0.2, -0.15) is 0 Å². The molecule has 0 saturated heterocycles. The first-order valence-electron chi connectivity index (χ1n) is 11.7. The highest BCUT2D eigenvalue weighted by Crippen LogP contribution is 2.48. The fourth-order valence-electron chi connectivity index (χ4n) is 4.42. The van der Waals surface area contributed by atoms with Crippen LogP contribution in [-0.4, -0.2) is 16.2 Å². The Labute approximate surface area is 199 Å². The number of carbonyl (C=O) groups is 1. The van der Waals surface area contributed by atoms with Gasteiger partial charge in [0.1, 0.15) is 0 Å². The highest BCUT2D eigenvalue weighted by atomic mass is 16.5. The molecule has 1 heterocycles.